The molecular weight excluding hydrogens is 352 g/mol. The molecule has 146 valence electrons. The van der Waals surface area contributed by atoms with Gasteiger partial charge in [0, 0.05) is 24.5 Å². The van der Waals surface area contributed by atoms with Crippen molar-refractivity contribution in [3.05, 3.63) is 54.6 Å². The van der Waals surface area contributed by atoms with Crippen LogP contribution < -0.4 is 20.7 Å². The zero-order valence-electron chi connectivity index (χ0n) is 16.1. The zero-order valence-corrected chi connectivity index (χ0v) is 16.1. The van der Waals surface area contributed by atoms with E-state index in [4.69, 9.17) is 10.5 Å². The SMILES string of the molecule is CCOc1ccc(NC2N=C(N)N=C(N3CCCC3)N2c2ccccc2)cc1. The Morgan fingerprint density at radius 3 is 2.46 bits per heavy atom. The number of aliphatic imine (C=N–C) groups is 2. The number of anilines is 2. The molecule has 0 aliphatic carbocycles. The number of nitrogens with zero attached hydrogens (tertiary/aromatic N) is 4. The van der Waals surface area contributed by atoms with E-state index in [0.717, 1.165) is 49.0 Å². The van der Waals surface area contributed by atoms with E-state index in [9.17, 15) is 0 Å². The van der Waals surface area contributed by atoms with Crippen LogP contribution in [0.25, 0.3) is 0 Å². The number of hydrogen-bond donors (Lipinski definition) is 2. The minimum atomic E-state index is -0.381. The van der Waals surface area contributed by atoms with Gasteiger partial charge in [0.15, 0.2) is 0 Å². The van der Waals surface area contributed by atoms with Crippen molar-refractivity contribution in [1.29, 1.82) is 0 Å². The molecule has 2 heterocycles. The maximum Gasteiger partial charge on any atom is 0.222 e. The first kappa shape index (κ1) is 18.2. The number of nitrogens with one attached hydrogen (secondary N) is 1. The highest BCUT2D eigenvalue weighted by molar-refractivity contribution is 6.06. The Labute approximate surface area is 165 Å². The Kier molecular flexibility index (Phi) is 5.32. The zero-order chi connectivity index (χ0) is 19.3. The summed E-state index contributed by atoms with van der Waals surface area (Å²) >= 11 is 0. The van der Waals surface area contributed by atoms with Gasteiger partial charge in [-0.05, 0) is 56.2 Å². The van der Waals surface area contributed by atoms with E-state index < -0.39 is 0 Å². The summed E-state index contributed by atoms with van der Waals surface area (Å²) in [5, 5.41) is 3.48. The second kappa shape index (κ2) is 8.21. The van der Waals surface area contributed by atoms with Crippen LogP contribution in [-0.4, -0.2) is 42.8 Å². The molecule has 2 aliphatic rings. The lowest BCUT2D eigenvalue weighted by Crippen LogP contribution is -2.54. The van der Waals surface area contributed by atoms with E-state index in [2.05, 4.69) is 37.2 Å². The molecule has 0 bridgehead atoms. The number of nitrogens with two attached hydrogens (primary N) is 1. The summed E-state index contributed by atoms with van der Waals surface area (Å²) in [6.07, 6.45) is 1.94. The molecule has 0 radical (unpaired) electrons. The number of ether oxygens (including phenoxy) is 1. The van der Waals surface area contributed by atoms with Crippen LogP contribution >= 0.6 is 0 Å². The van der Waals surface area contributed by atoms with Gasteiger partial charge in [-0.2, -0.15) is 4.99 Å². The van der Waals surface area contributed by atoms with Crippen molar-refractivity contribution in [3.63, 3.8) is 0 Å². The van der Waals surface area contributed by atoms with Gasteiger partial charge in [0.2, 0.25) is 18.2 Å². The summed E-state index contributed by atoms with van der Waals surface area (Å²) in [7, 11) is 0. The van der Waals surface area contributed by atoms with Gasteiger partial charge in [-0.25, -0.2) is 4.99 Å². The van der Waals surface area contributed by atoms with Crippen molar-refractivity contribution in [1.82, 2.24) is 4.90 Å². The smallest absolute Gasteiger partial charge is 0.222 e. The molecule has 7 nitrogen and oxygen atoms in total. The molecule has 1 fully saturated rings. The molecule has 2 aromatic rings. The van der Waals surface area contributed by atoms with E-state index >= 15 is 0 Å². The van der Waals surface area contributed by atoms with Crippen LogP contribution in [0.4, 0.5) is 11.4 Å². The third-order valence-corrected chi connectivity index (χ3v) is 4.81. The van der Waals surface area contributed by atoms with Gasteiger partial charge in [-0.3, -0.25) is 4.90 Å². The lowest BCUT2D eigenvalue weighted by Gasteiger charge is -2.38. The number of likely N-dealkylation sites (tertiary alicyclic amines) is 1. The van der Waals surface area contributed by atoms with Crippen LogP contribution in [0.5, 0.6) is 5.75 Å². The standard InChI is InChI=1S/C21H26N6O/c1-2-28-18-12-10-16(11-13-18)23-20-24-19(22)25-21(26-14-6-7-15-26)27(20)17-8-4-3-5-9-17/h3-5,8-13,20,23H,2,6-7,14-15H2,1H3,(H2,22,24). The molecule has 1 unspecified atom stereocenters. The first-order valence-electron chi connectivity index (χ1n) is 9.75. The minimum Gasteiger partial charge on any atom is -0.494 e. The monoisotopic (exact) mass is 378 g/mol. The fraction of sp³-hybridized carbons (Fsp3) is 0.333. The molecule has 7 heteroatoms. The van der Waals surface area contributed by atoms with Gasteiger partial charge in [0.25, 0.3) is 0 Å². The Hall–Kier alpha value is -3.22. The van der Waals surface area contributed by atoms with Gasteiger partial charge in [-0.1, -0.05) is 18.2 Å². The Bertz CT molecular complexity index is 843. The second-order valence-corrected chi connectivity index (χ2v) is 6.77. The number of rotatable bonds is 5. The summed E-state index contributed by atoms with van der Waals surface area (Å²) in [5.41, 5.74) is 8.05. The van der Waals surface area contributed by atoms with Crippen LogP contribution in [0.2, 0.25) is 0 Å². The topological polar surface area (TPSA) is 78.5 Å². The Morgan fingerprint density at radius 1 is 1.07 bits per heavy atom. The largest absolute Gasteiger partial charge is 0.494 e. The van der Waals surface area contributed by atoms with Crippen LogP contribution in [0, 0.1) is 0 Å². The van der Waals surface area contributed by atoms with Crippen LogP contribution in [0.15, 0.2) is 64.6 Å². The third-order valence-electron chi connectivity index (χ3n) is 4.81. The van der Waals surface area contributed by atoms with E-state index in [0.29, 0.717) is 6.61 Å². The summed E-state index contributed by atoms with van der Waals surface area (Å²) in [5.74, 6) is 1.98. The van der Waals surface area contributed by atoms with Gasteiger partial charge in [-0.15, -0.1) is 0 Å². The molecule has 0 amide bonds. The van der Waals surface area contributed by atoms with Crippen molar-refractivity contribution >= 4 is 23.3 Å². The third kappa shape index (κ3) is 3.88. The van der Waals surface area contributed by atoms with Gasteiger partial charge in [0.05, 0.1) is 6.61 Å². The van der Waals surface area contributed by atoms with Crippen molar-refractivity contribution in [3.8, 4) is 5.75 Å². The predicted octanol–water partition coefficient (Wildman–Crippen LogP) is 3.07. The summed E-state index contributed by atoms with van der Waals surface area (Å²) in [6, 6.07) is 18.0. The number of para-hydroxylation sites is 1. The highest BCUT2D eigenvalue weighted by Crippen LogP contribution is 2.26. The molecule has 1 saturated heterocycles. The number of benzene rings is 2. The van der Waals surface area contributed by atoms with Crippen LogP contribution in [0.1, 0.15) is 19.8 Å². The molecule has 0 saturated carbocycles. The molecule has 1 atom stereocenters. The van der Waals surface area contributed by atoms with Crippen molar-refractivity contribution < 1.29 is 4.74 Å². The van der Waals surface area contributed by atoms with Crippen LogP contribution in [-0.2, 0) is 0 Å². The van der Waals surface area contributed by atoms with Crippen LogP contribution in [0.3, 0.4) is 0 Å². The average molecular weight is 378 g/mol. The summed E-state index contributed by atoms with van der Waals surface area (Å²) in [6.45, 7) is 4.58. The molecule has 28 heavy (non-hydrogen) atoms. The van der Waals surface area contributed by atoms with E-state index in [-0.39, 0.29) is 12.2 Å². The highest BCUT2D eigenvalue weighted by atomic mass is 16.5. The first-order chi connectivity index (χ1) is 13.7. The molecule has 2 aromatic carbocycles. The van der Waals surface area contributed by atoms with Crippen molar-refractivity contribution in [2.24, 2.45) is 15.7 Å². The quantitative estimate of drug-likeness (QED) is 0.836. The predicted molar refractivity (Wildman–Crippen MR) is 114 cm³/mol. The van der Waals surface area contributed by atoms with Crippen molar-refractivity contribution in [2.75, 3.05) is 29.9 Å². The fourth-order valence-electron chi connectivity index (χ4n) is 3.52. The molecule has 2 aliphatic heterocycles. The number of guanidine groups is 2. The minimum absolute atomic E-state index is 0.289. The summed E-state index contributed by atoms with van der Waals surface area (Å²) in [4.78, 5) is 13.6. The lowest BCUT2D eigenvalue weighted by atomic mass is 10.2. The average Bonchev–Trinajstić information content (AvgIpc) is 3.25. The molecule has 0 spiro atoms. The van der Waals surface area contributed by atoms with E-state index in [1.54, 1.807) is 0 Å². The van der Waals surface area contributed by atoms with Crippen molar-refractivity contribution in [2.45, 2.75) is 26.1 Å². The first-order valence-corrected chi connectivity index (χ1v) is 9.75. The maximum absolute atomic E-state index is 6.09. The van der Waals surface area contributed by atoms with E-state index in [1.165, 1.54) is 0 Å². The fourth-order valence-corrected chi connectivity index (χ4v) is 3.52. The summed E-state index contributed by atoms with van der Waals surface area (Å²) < 4.78 is 5.53. The molecular formula is C21H26N6O. The number of hydrogen-bond acceptors (Lipinski definition) is 7. The van der Waals surface area contributed by atoms with Gasteiger partial charge >= 0.3 is 0 Å². The van der Waals surface area contributed by atoms with Gasteiger partial charge < -0.3 is 20.7 Å². The molecule has 4 rings (SSSR count). The molecule has 0 aromatic heterocycles. The normalized spacial score (nSPS) is 19.2. The van der Waals surface area contributed by atoms with E-state index in [1.807, 2.05) is 49.4 Å². The molecule has 3 N–H and O–H groups in total. The highest BCUT2D eigenvalue weighted by Gasteiger charge is 2.32. The Balaban J connectivity index is 1.64. The maximum atomic E-state index is 6.09. The Morgan fingerprint density at radius 2 is 1.79 bits per heavy atom. The van der Waals surface area contributed by atoms with Gasteiger partial charge in [0.1, 0.15) is 5.75 Å². The lowest BCUT2D eigenvalue weighted by molar-refractivity contribution is 0.340. The second-order valence-electron chi connectivity index (χ2n) is 6.77.